The van der Waals surface area contributed by atoms with E-state index < -0.39 is 0 Å². The predicted molar refractivity (Wildman–Crippen MR) is 95.1 cm³/mol. The van der Waals surface area contributed by atoms with Crippen LogP contribution in [0.1, 0.15) is 47.9 Å². The van der Waals surface area contributed by atoms with Crippen LogP contribution in [0.25, 0.3) is 0 Å². The molecule has 3 aliphatic carbocycles. The summed E-state index contributed by atoms with van der Waals surface area (Å²) in [7, 11) is 0. The number of likely N-dealkylation sites (tertiary alicyclic amines) is 1. The molecule has 3 nitrogen and oxygen atoms in total. The van der Waals surface area contributed by atoms with Crippen molar-refractivity contribution in [3.63, 3.8) is 0 Å². The molecule has 1 saturated heterocycles. The summed E-state index contributed by atoms with van der Waals surface area (Å²) in [5.41, 5.74) is 4.94. The van der Waals surface area contributed by atoms with Crippen LogP contribution >= 0.6 is 0 Å². The Balaban J connectivity index is 1.73. The van der Waals surface area contributed by atoms with E-state index in [1.54, 1.807) is 0 Å². The van der Waals surface area contributed by atoms with Gasteiger partial charge in [0.1, 0.15) is 0 Å². The molecule has 0 N–H and O–H groups in total. The van der Waals surface area contributed by atoms with Crippen molar-refractivity contribution in [3.05, 3.63) is 70.8 Å². The highest BCUT2D eigenvalue weighted by molar-refractivity contribution is 6.07. The average molecular weight is 331 g/mol. The lowest BCUT2D eigenvalue weighted by Gasteiger charge is -2.45. The zero-order valence-corrected chi connectivity index (χ0v) is 14.5. The van der Waals surface area contributed by atoms with Crippen LogP contribution < -0.4 is 0 Å². The average Bonchev–Trinajstić information content (AvgIpc) is 2.87. The molecule has 2 aromatic rings. The van der Waals surface area contributed by atoms with Gasteiger partial charge in [0, 0.05) is 18.4 Å². The number of hydrogen-bond acceptors (Lipinski definition) is 2. The Labute approximate surface area is 147 Å². The second kappa shape index (κ2) is 5.04. The van der Waals surface area contributed by atoms with Crippen LogP contribution in [-0.4, -0.2) is 23.3 Å². The summed E-state index contributed by atoms with van der Waals surface area (Å²) in [4.78, 5) is 27.9. The van der Waals surface area contributed by atoms with Crippen LogP contribution in [0.5, 0.6) is 0 Å². The van der Waals surface area contributed by atoms with Crippen molar-refractivity contribution in [1.29, 1.82) is 0 Å². The maximum absolute atomic E-state index is 13.2. The molecule has 0 spiro atoms. The molecule has 1 fully saturated rings. The third-order valence-corrected chi connectivity index (χ3v) is 6.09. The van der Waals surface area contributed by atoms with E-state index in [4.69, 9.17) is 0 Å². The lowest BCUT2D eigenvalue weighted by molar-refractivity contribution is -0.140. The maximum atomic E-state index is 13.2. The largest absolute Gasteiger partial charge is 0.282 e. The fourth-order valence-electron chi connectivity index (χ4n) is 5.28. The minimum atomic E-state index is -0.235. The summed E-state index contributed by atoms with van der Waals surface area (Å²) in [5.74, 6) is -0.102. The van der Waals surface area contributed by atoms with Crippen molar-refractivity contribution in [2.45, 2.75) is 25.7 Å². The summed E-state index contributed by atoms with van der Waals surface area (Å²) >= 11 is 0. The number of carbonyl (C=O) groups is 2. The molecule has 4 aliphatic rings. The molecule has 3 heteroatoms. The van der Waals surface area contributed by atoms with Crippen molar-refractivity contribution >= 4 is 11.8 Å². The molecule has 2 aromatic carbocycles. The zero-order valence-electron chi connectivity index (χ0n) is 14.5. The Morgan fingerprint density at radius 1 is 0.760 bits per heavy atom. The van der Waals surface area contributed by atoms with Gasteiger partial charge in [-0.3, -0.25) is 14.5 Å². The number of benzene rings is 2. The summed E-state index contributed by atoms with van der Waals surface area (Å²) in [6.45, 7) is 4.64. The van der Waals surface area contributed by atoms with Gasteiger partial charge in [0.05, 0.1) is 11.8 Å². The molecule has 126 valence electrons. The number of hydrogen-bond donors (Lipinski definition) is 0. The normalized spacial score (nSPS) is 29.0. The van der Waals surface area contributed by atoms with Gasteiger partial charge in [0.25, 0.3) is 0 Å². The van der Waals surface area contributed by atoms with Gasteiger partial charge in [-0.15, -0.1) is 0 Å². The van der Waals surface area contributed by atoms with Crippen molar-refractivity contribution in [2.75, 3.05) is 6.54 Å². The molecule has 2 amide bonds. The molecule has 1 aliphatic heterocycles. The van der Waals surface area contributed by atoms with E-state index in [0.717, 1.165) is 0 Å². The van der Waals surface area contributed by atoms with E-state index in [1.807, 2.05) is 24.3 Å². The summed E-state index contributed by atoms with van der Waals surface area (Å²) < 4.78 is 0. The monoisotopic (exact) mass is 331 g/mol. The molecule has 25 heavy (non-hydrogen) atoms. The molecule has 1 heterocycles. The molecular weight excluding hydrogens is 310 g/mol. The molecule has 0 unspecified atom stereocenters. The smallest absolute Gasteiger partial charge is 0.234 e. The fraction of sp³-hybridized carbons (Fsp3) is 0.364. The molecule has 2 bridgehead atoms. The van der Waals surface area contributed by atoms with Crippen LogP contribution in [0.3, 0.4) is 0 Å². The molecule has 0 radical (unpaired) electrons. The van der Waals surface area contributed by atoms with Crippen molar-refractivity contribution in [2.24, 2.45) is 17.8 Å². The van der Waals surface area contributed by atoms with Gasteiger partial charge in [-0.05, 0) is 28.2 Å². The van der Waals surface area contributed by atoms with Crippen LogP contribution in [0.2, 0.25) is 0 Å². The maximum Gasteiger partial charge on any atom is 0.234 e. The Kier molecular flexibility index (Phi) is 3.00. The minimum absolute atomic E-state index is 0.0102. The van der Waals surface area contributed by atoms with Gasteiger partial charge in [-0.2, -0.15) is 0 Å². The number of nitrogens with zero attached hydrogens (tertiary/aromatic N) is 1. The quantitative estimate of drug-likeness (QED) is 0.790. The third-order valence-electron chi connectivity index (χ3n) is 6.09. The standard InChI is InChI=1S/C22H21NO2/c1-12(2)11-23-21(24)19-17-13-7-3-4-8-14(13)18(20(19)22(23)25)16-10-6-5-9-15(16)17/h3-10,12,17-20H,11H2,1-2H3/t17?,18?,19-,20-/m0/s1. The van der Waals surface area contributed by atoms with Crippen molar-refractivity contribution in [3.8, 4) is 0 Å². The second-order valence-corrected chi connectivity index (χ2v) is 7.95. The first-order chi connectivity index (χ1) is 12.1. The van der Waals surface area contributed by atoms with Crippen LogP contribution in [0.15, 0.2) is 48.5 Å². The topological polar surface area (TPSA) is 37.4 Å². The van der Waals surface area contributed by atoms with Crippen molar-refractivity contribution < 1.29 is 9.59 Å². The van der Waals surface area contributed by atoms with E-state index in [2.05, 4.69) is 38.1 Å². The highest BCUT2D eigenvalue weighted by Crippen LogP contribution is 2.60. The molecule has 0 aromatic heterocycles. The van der Waals surface area contributed by atoms with E-state index in [1.165, 1.54) is 27.2 Å². The highest BCUT2D eigenvalue weighted by Gasteiger charge is 2.61. The van der Waals surface area contributed by atoms with Crippen LogP contribution in [0.4, 0.5) is 0 Å². The summed E-state index contributed by atoms with van der Waals surface area (Å²) in [6.07, 6.45) is 0. The Hall–Kier alpha value is -2.42. The number of carbonyl (C=O) groups excluding carboxylic acids is 2. The summed E-state index contributed by atoms with van der Waals surface area (Å²) in [5, 5.41) is 0. The minimum Gasteiger partial charge on any atom is -0.282 e. The van der Waals surface area contributed by atoms with E-state index in [-0.39, 0.29) is 41.4 Å². The number of imide groups is 1. The van der Waals surface area contributed by atoms with Gasteiger partial charge >= 0.3 is 0 Å². The van der Waals surface area contributed by atoms with Crippen molar-refractivity contribution in [1.82, 2.24) is 4.90 Å². The van der Waals surface area contributed by atoms with E-state index in [9.17, 15) is 9.59 Å². The summed E-state index contributed by atoms with van der Waals surface area (Å²) in [6, 6.07) is 16.7. The molecule has 0 saturated carbocycles. The Morgan fingerprint density at radius 3 is 1.44 bits per heavy atom. The number of amides is 2. The first kappa shape index (κ1) is 14.9. The molecule has 2 atom stereocenters. The second-order valence-electron chi connectivity index (χ2n) is 7.95. The third kappa shape index (κ3) is 1.81. The van der Waals surface area contributed by atoms with E-state index >= 15 is 0 Å². The Morgan fingerprint density at radius 2 is 1.12 bits per heavy atom. The van der Waals surface area contributed by atoms with Gasteiger partial charge in [0.2, 0.25) is 11.8 Å². The van der Waals surface area contributed by atoms with E-state index in [0.29, 0.717) is 6.54 Å². The van der Waals surface area contributed by atoms with Gasteiger partial charge in [0.15, 0.2) is 0 Å². The van der Waals surface area contributed by atoms with Crippen LogP contribution in [0, 0.1) is 17.8 Å². The highest BCUT2D eigenvalue weighted by atomic mass is 16.2. The molecular formula is C22H21NO2. The SMILES string of the molecule is CC(C)CN1C(=O)[C@H]2C3c4ccccc4C(c4ccccc43)[C@@H]2C1=O. The Bertz CT molecular complexity index is 785. The first-order valence-corrected chi connectivity index (χ1v) is 9.12. The van der Waals surface area contributed by atoms with Gasteiger partial charge in [-0.25, -0.2) is 0 Å². The fourth-order valence-corrected chi connectivity index (χ4v) is 5.28. The molecule has 6 rings (SSSR count). The van der Waals surface area contributed by atoms with Gasteiger partial charge in [-0.1, -0.05) is 62.4 Å². The zero-order chi connectivity index (χ0) is 17.3. The lowest BCUT2D eigenvalue weighted by atomic mass is 9.55. The van der Waals surface area contributed by atoms with Crippen LogP contribution in [-0.2, 0) is 9.59 Å². The predicted octanol–water partition coefficient (Wildman–Crippen LogP) is 3.53. The first-order valence-electron chi connectivity index (χ1n) is 9.12. The number of rotatable bonds is 2. The van der Waals surface area contributed by atoms with Gasteiger partial charge < -0.3 is 0 Å². The lowest BCUT2D eigenvalue weighted by Crippen LogP contribution is -2.41.